The van der Waals surface area contributed by atoms with Crippen LogP contribution in [-0.2, 0) is 16.0 Å². The number of fused-ring (bicyclic) bond motifs is 1. The zero-order chi connectivity index (χ0) is 16.9. The second-order valence-corrected chi connectivity index (χ2v) is 6.61. The number of likely N-dealkylation sites (tertiary alicyclic amines) is 1. The number of amides is 2. The van der Waals surface area contributed by atoms with Crippen LogP contribution in [0.2, 0.25) is 0 Å². The van der Waals surface area contributed by atoms with Crippen molar-refractivity contribution in [1.82, 2.24) is 10.2 Å². The second kappa shape index (κ2) is 7.69. The Balaban J connectivity index is 1.55. The van der Waals surface area contributed by atoms with Gasteiger partial charge in [0.05, 0.1) is 12.6 Å². The monoisotopic (exact) mass is 330 g/mol. The number of hydrogen-bond donors (Lipinski definition) is 1. The topological polar surface area (TPSA) is 58.6 Å². The summed E-state index contributed by atoms with van der Waals surface area (Å²) in [6.07, 6.45) is 4.36. The Bertz CT molecular complexity index is 594. The van der Waals surface area contributed by atoms with Gasteiger partial charge >= 0.3 is 6.09 Å². The fourth-order valence-electron chi connectivity index (χ4n) is 3.73. The van der Waals surface area contributed by atoms with Gasteiger partial charge in [-0.05, 0) is 50.2 Å². The fraction of sp³-hybridized carbons (Fsp3) is 0.579. The van der Waals surface area contributed by atoms with E-state index in [1.807, 2.05) is 6.07 Å². The normalized spacial score (nSPS) is 21.0. The molecule has 1 heterocycles. The lowest BCUT2D eigenvalue weighted by Crippen LogP contribution is -2.44. The highest BCUT2D eigenvalue weighted by Crippen LogP contribution is 2.30. The van der Waals surface area contributed by atoms with E-state index in [9.17, 15) is 9.59 Å². The minimum absolute atomic E-state index is 0.00948. The lowest BCUT2D eigenvalue weighted by molar-refractivity contribution is -0.127. The predicted octanol–water partition coefficient (Wildman–Crippen LogP) is 3.05. The number of nitrogens with one attached hydrogen (secondary N) is 1. The van der Waals surface area contributed by atoms with E-state index in [2.05, 4.69) is 23.5 Å². The molecule has 1 aliphatic heterocycles. The Labute approximate surface area is 143 Å². The van der Waals surface area contributed by atoms with Gasteiger partial charge in [-0.2, -0.15) is 0 Å². The van der Waals surface area contributed by atoms with Gasteiger partial charge in [0.1, 0.15) is 0 Å². The van der Waals surface area contributed by atoms with E-state index in [0.29, 0.717) is 32.5 Å². The molecule has 5 nitrogen and oxygen atoms in total. The number of hydrogen-bond acceptors (Lipinski definition) is 3. The first-order valence-corrected chi connectivity index (χ1v) is 8.99. The molecule has 1 saturated heterocycles. The summed E-state index contributed by atoms with van der Waals surface area (Å²) in [6, 6.07) is 8.52. The molecule has 0 spiro atoms. The van der Waals surface area contributed by atoms with E-state index in [-0.39, 0.29) is 24.0 Å². The molecule has 3 rings (SSSR count). The van der Waals surface area contributed by atoms with Crippen LogP contribution in [0.5, 0.6) is 0 Å². The van der Waals surface area contributed by atoms with Gasteiger partial charge in [0.2, 0.25) is 5.91 Å². The molecule has 1 aromatic carbocycles. The van der Waals surface area contributed by atoms with E-state index in [4.69, 9.17) is 4.74 Å². The van der Waals surface area contributed by atoms with Crippen molar-refractivity contribution < 1.29 is 14.3 Å². The number of ether oxygens (including phenoxy) is 1. The average Bonchev–Trinajstić information content (AvgIpc) is 2.62. The first-order valence-electron chi connectivity index (χ1n) is 8.99. The van der Waals surface area contributed by atoms with Crippen molar-refractivity contribution in [2.45, 2.75) is 45.1 Å². The Kier molecular flexibility index (Phi) is 5.38. The van der Waals surface area contributed by atoms with Gasteiger partial charge in [-0.15, -0.1) is 0 Å². The van der Waals surface area contributed by atoms with Crippen LogP contribution in [0.4, 0.5) is 4.79 Å². The highest BCUT2D eigenvalue weighted by Gasteiger charge is 2.30. The molecule has 0 aromatic heterocycles. The van der Waals surface area contributed by atoms with E-state index in [1.165, 1.54) is 11.1 Å². The molecule has 0 saturated carbocycles. The molecule has 1 atom stereocenters. The minimum atomic E-state index is -0.266. The van der Waals surface area contributed by atoms with Crippen LogP contribution < -0.4 is 5.32 Å². The third-order valence-electron chi connectivity index (χ3n) is 5.08. The van der Waals surface area contributed by atoms with E-state index in [0.717, 1.165) is 19.3 Å². The van der Waals surface area contributed by atoms with Crippen LogP contribution in [0.15, 0.2) is 24.3 Å². The molecule has 1 N–H and O–H groups in total. The first kappa shape index (κ1) is 16.8. The summed E-state index contributed by atoms with van der Waals surface area (Å²) in [7, 11) is 0. The molecule has 2 amide bonds. The fourth-order valence-corrected chi connectivity index (χ4v) is 3.73. The van der Waals surface area contributed by atoms with Gasteiger partial charge in [-0.25, -0.2) is 4.79 Å². The van der Waals surface area contributed by atoms with Crippen LogP contribution in [0.25, 0.3) is 0 Å². The van der Waals surface area contributed by atoms with E-state index < -0.39 is 0 Å². The van der Waals surface area contributed by atoms with Crippen LogP contribution in [0.3, 0.4) is 0 Å². The molecule has 130 valence electrons. The lowest BCUT2D eigenvalue weighted by atomic mass is 9.87. The third kappa shape index (κ3) is 3.71. The molecule has 2 aliphatic rings. The number of aryl methyl sites for hydroxylation is 1. The van der Waals surface area contributed by atoms with E-state index in [1.54, 1.807) is 11.8 Å². The molecule has 1 aliphatic carbocycles. The summed E-state index contributed by atoms with van der Waals surface area (Å²) in [5.74, 6) is 0.116. The Morgan fingerprint density at radius 2 is 1.96 bits per heavy atom. The van der Waals surface area contributed by atoms with Gasteiger partial charge in [-0.1, -0.05) is 24.3 Å². The van der Waals surface area contributed by atoms with Crippen molar-refractivity contribution in [3.8, 4) is 0 Å². The van der Waals surface area contributed by atoms with Gasteiger partial charge in [0.25, 0.3) is 0 Å². The maximum atomic E-state index is 12.6. The summed E-state index contributed by atoms with van der Waals surface area (Å²) in [4.78, 5) is 26.1. The largest absolute Gasteiger partial charge is 0.450 e. The third-order valence-corrected chi connectivity index (χ3v) is 5.08. The molecule has 0 radical (unpaired) electrons. The summed E-state index contributed by atoms with van der Waals surface area (Å²) in [6.45, 7) is 3.39. The smallest absolute Gasteiger partial charge is 0.409 e. The number of carbonyl (C=O) groups excluding carboxylic acids is 2. The van der Waals surface area contributed by atoms with Crippen LogP contribution in [0.1, 0.15) is 49.8 Å². The summed E-state index contributed by atoms with van der Waals surface area (Å²) < 4.78 is 5.02. The predicted molar refractivity (Wildman–Crippen MR) is 91.6 cm³/mol. The van der Waals surface area contributed by atoms with Crippen molar-refractivity contribution in [3.63, 3.8) is 0 Å². The standard InChI is InChI=1S/C19H26N2O3/c1-2-24-19(23)21-12-10-15(11-13-21)18(22)20-17-9-5-7-14-6-3-4-8-16(14)17/h3-4,6,8,15,17H,2,5,7,9-13H2,1H3,(H,20,22)/t17-/m0/s1. The SMILES string of the molecule is CCOC(=O)N1CCC(C(=O)N[C@H]2CCCc3ccccc32)CC1. The Hall–Kier alpha value is -2.04. The number of carbonyl (C=O) groups is 2. The first-order chi connectivity index (χ1) is 11.7. The average molecular weight is 330 g/mol. The number of rotatable bonds is 3. The highest BCUT2D eigenvalue weighted by atomic mass is 16.6. The summed E-state index contributed by atoms with van der Waals surface area (Å²) in [5.41, 5.74) is 2.62. The van der Waals surface area contributed by atoms with E-state index >= 15 is 0 Å². The molecule has 1 fully saturated rings. The van der Waals surface area contributed by atoms with Crippen LogP contribution in [0, 0.1) is 5.92 Å². The maximum absolute atomic E-state index is 12.6. The van der Waals surface area contributed by atoms with Crippen molar-refractivity contribution in [2.75, 3.05) is 19.7 Å². The molecule has 24 heavy (non-hydrogen) atoms. The molecular weight excluding hydrogens is 304 g/mol. The van der Waals surface area contributed by atoms with Crippen molar-refractivity contribution in [1.29, 1.82) is 0 Å². The van der Waals surface area contributed by atoms with Gasteiger partial charge in [-0.3, -0.25) is 4.79 Å². The maximum Gasteiger partial charge on any atom is 0.409 e. The quantitative estimate of drug-likeness (QED) is 0.927. The molecular formula is C19H26N2O3. The molecule has 0 bridgehead atoms. The summed E-state index contributed by atoms with van der Waals surface area (Å²) >= 11 is 0. The number of nitrogens with zero attached hydrogens (tertiary/aromatic N) is 1. The molecule has 5 heteroatoms. The van der Waals surface area contributed by atoms with Gasteiger partial charge in [0, 0.05) is 19.0 Å². The number of benzene rings is 1. The molecule has 1 aromatic rings. The Morgan fingerprint density at radius 3 is 2.71 bits per heavy atom. The highest BCUT2D eigenvalue weighted by molar-refractivity contribution is 5.79. The van der Waals surface area contributed by atoms with Gasteiger partial charge in [0.15, 0.2) is 0 Å². The minimum Gasteiger partial charge on any atom is -0.450 e. The van der Waals surface area contributed by atoms with Gasteiger partial charge < -0.3 is 15.0 Å². The Morgan fingerprint density at radius 1 is 1.21 bits per heavy atom. The molecule has 0 unspecified atom stereocenters. The van der Waals surface area contributed by atoms with Crippen molar-refractivity contribution in [2.24, 2.45) is 5.92 Å². The van der Waals surface area contributed by atoms with Crippen LogP contribution >= 0.6 is 0 Å². The van der Waals surface area contributed by atoms with Crippen molar-refractivity contribution >= 4 is 12.0 Å². The number of piperidine rings is 1. The lowest BCUT2D eigenvalue weighted by Gasteiger charge is -2.32. The van der Waals surface area contributed by atoms with Crippen LogP contribution in [-0.4, -0.2) is 36.6 Å². The summed E-state index contributed by atoms with van der Waals surface area (Å²) in [5, 5.41) is 3.24. The zero-order valence-electron chi connectivity index (χ0n) is 14.3. The van der Waals surface area contributed by atoms with Crippen molar-refractivity contribution in [3.05, 3.63) is 35.4 Å². The second-order valence-electron chi connectivity index (χ2n) is 6.61. The zero-order valence-corrected chi connectivity index (χ0v) is 14.3.